The Balaban J connectivity index is 0.00000196. The van der Waals surface area contributed by atoms with Crippen molar-refractivity contribution >= 4 is 11.9 Å². The maximum atomic E-state index is 10.4. The molecular weight excluding hydrogens is 240 g/mol. The van der Waals surface area contributed by atoms with Crippen molar-refractivity contribution in [1.29, 1.82) is 0 Å². The number of carbonyl (C=O) groups is 2. The van der Waals surface area contributed by atoms with E-state index in [9.17, 15) is 9.59 Å². The molecule has 0 spiro atoms. The van der Waals surface area contributed by atoms with Gasteiger partial charge in [0.25, 0.3) is 0 Å². The monoisotopic (exact) mass is 246 g/mol. The second kappa shape index (κ2) is 4.81. The summed E-state index contributed by atoms with van der Waals surface area (Å²) in [6.45, 7) is 0. The van der Waals surface area contributed by atoms with Crippen molar-refractivity contribution in [3.8, 4) is 11.5 Å². The maximum Gasteiger partial charge on any atom is 0.339 e. The van der Waals surface area contributed by atoms with Crippen molar-refractivity contribution in [2.45, 2.75) is 0 Å². The van der Waals surface area contributed by atoms with E-state index in [1.165, 1.54) is 0 Å². The molecule has 78 valence electrons. The smallest absolute Gasteiger partial charge is 0.339 e. The van der Waals surface area contributed by atoms with Gasteiger partial charge in [-0.15, -0.1) is 0 Å². The third-order valence-corrected chi connectivity index (χ3v) is 1.61. The van der Waals surface area contributed by atoms with Crippen LogP contribution >= 0.6 is 0 Å². The van der Waals surface area contributed by atoms with Crippen LogP contribution in [0.25, 0.3) is 0 Å². The molecular formula is C8H6O6Ti. The van der Waals surface area contributed by atoms with Gasteiger partial charge in [-0.25, -0.2) is 9.59 Å². The van der Waals surface area contributed by atoms with Crippen LogP contribution in [-0.4, -0.2) is 32.4 Å². The van der Waals surface area contributed by atoms with Crippen molar-refractivity contribution in [2.75, 3.05) is 0 Å². The minimum Gasteiger partial charge on any atom is -0.504 e. The van der Waals surface area contributed by atoms with Gasteiger partial charge in [0.2, 0.25) is 0 Å². The SMILES string of the molecule is O=C(O)c1ccc(C(=O)O)c(O)c1O.[Ti]. The minimum absolute atomic E-state index is 0. The fourth-order valence-electron chi connectivity index (χ4n) is 0.925. The molecule has 1 aromatic rings. The van der Waals surface area contributed by atoms with Crippen LogP contribution in [0.4, 0.5) is 0 Å². The van der Waals surface area contributed by atoms with Crippen LogP contribution < -0.4 is 0 Å². The summed E-state index contributed by atoms with van der Waals surface area (Å²) in [5.41, 5.74) is -1.10. The number of aromatic hydroxyl groups is 2. The standard InChI is InChI=1S/C8H6O6.Ti/c9-5-3(7(11)12)1-2-4(6(5)10)8(13)14;/h1-2,9-10H,(H,11,12)(H,13,14);. The van der Waals surface area contributed by atoms with E-state index in [2.05, 4.69) is 0 Å². The molecule has 0 aliphatic heterocycles. The fraction of sp³-hybridized carbons (Fsp3) is 0. The first-order valence-corrected chi connectivity index (χ1v) is 3.46. The van der Waals surface area contributed by atoms with E-state index in [1.807, 2.05) is 0 Å². The molecule has 1 rings (SSSR count). The Hall–Kier alpha value is -1.53. The first kappa shape index (κ1) is 13.5. The van der Waals surface area contributed by atoms with Gasteiger partial charge in [0.05, 0.1) is 0 Å². The van der Waals surface area contributed by atoms with Gasteiger partial charge in [0, 0.05) is 21.7 Å². The Morgan fingerprint density at radius 1 is 0.867 bits per heavy atom. The zero-order valence-electron chi connectivity index (χ0n) is 7.26. The molecule has 1 aromatic carbocycles. The molecule has 0 aliphatic rings. The number of aromatic carboxylic acids is 2. The molecule has 0 heterocycles. The molecule has 15 heavy (non-hydrogen) atoms. The number of rotatable bonds is 2. The predicted molar refractivity (Wildman–Crippen MR) is 43.7 cm³/mol. The molecule has 0 unspecified atom stereocenters. The van der Waals surface area contributed by atoms with Crippen molar-refractivity contribution in [2.24, 2.45) is 0 Å². The molecule has 0 atom stereocenters. The van der Waals surface area contributed by atoms with Crippen molar-refractivity contribution in [1.82, 2.24) is 0 Å². The first-order valence-electron chi connectivity index (χ1n) is 3.46. The summed E-state index contributed by atoms with van der Waals surface area (Å²) in [4.78, 5) is 20.9. The molecule has 0 radical (unpaired) electrons. The summed E-state index contributed by atoms with van der Waals surface area (Å²) < 4.78 is 0. The Morgan fingerprint density at radius 2 is 1.13 bits per heavy atom. The Kier molecular flexibility index (Phi) is 4.32. The van der Waals surface area contributed by atoms with E-state index < -0.39 is 34.6 Å². The normalized spacial score (nSPS) is 9.07. The van der Waals surface area contributed by atoms with Crippen LogP contribution in [0.3, 0.4) is 0 Å². The number of phenols is 2. The maximum absolute atomic E-state index is 10.4. The van der Waals surface area contributed by atoms with Crippen LogP contribution in [0.1, 0.15) is 20.7 Å². The molecule has 0 aromatic heterocycles. The van der Waals surface area contributed by atoms with Gasteiger partial charge in [-0.3, -0.25) is 0 Å². The number of hydrogen-bond donors (Lipinski definition) is 4. The molecule has 0 saturated heterocycles. The third kappa shape index (κ3) is 2.48. The molecule has 0 bridgehead atoms. The van der Waals surface area contributed by atoms with Gasteiger partial charge in [-0.05, 0) is 12.1 Å². The number of hydrogen-bond acceptors (Lipinski definition) is 4. The molecule has 0 aliphatic carbocycles. The summed E-state index contributed by atoms with van der Waals surface area (Å²) in [6.07, 6.45) is 0. The van der Waals surface area contributed by atoms with Crippen molar-refractivity contribution in [3.05, 3.63) is 23.3 Å². The Labute approximate surface area is 98.7 Å². The molecule has 7 heteroatoms. The van der Waals surface area contributed by atoms with E-state index in [0.29, 0.717) is 0 Å². The van der Waals surface area contributed by atoms with Gasteiger partial charge in [0.15, 0.2) is 11.5 Å². The Morgan fingerprint density at radius 3 is 1.33 bits per heavy atom. The molecule has 0 amide bonds. The topological polar surface area (TPSA) is 115 Å². The summed E-state index contributed by atoms with van der Waals surface area (Å²) >= 11 is 0. The molecule has 0 fully saturated rings. The zero-order chi connectivity index (χ0) is 10.9. The zero-order valence-corrected chi connectivity index (χ0v) is 8.82. The summed E-state index contributed by atoms with van der Waals surface area (Å²) in [5.74, 6) is -4.79. The summed E-state index contributed by atoms with van der Waals surface area (Å²) in [7, 11) is 0. The van der Waals surface area contributed by atoms with E-state index in [0.717, 1.165) is 12.1 Å². The van der Waals surface area contributed by atoms with Gasteiger partial charge in [-0.1, -0.05) is 0 Å². The van der Waals surface area contributed by atoms with Crippen LogP contribution in [0, 0.1) is 0 Å². The minimum atomic E-state index is -1.45. The van der Waals surface area contributed by atoms with E-state index in [4.69, 9.17) is 20.4 Å². The van der Waals surface area contributed by atoms with Gasteiger partial charge in [-0.2, -0.15) is 0 Å². The van der Waals surface area contributed by atoms with E-state index >= 15 is 0 Å². The van der Waals surface area contributed by atoms with E-state index in [-0.39, 0.29) is 21.7 Å². The second-order valence-electron chi connectivity index (χ2n) is 2.47. The van der Waals surface area contributed by atoms with Crippen LogP contribution in [0.15, 0.2) is 12.1 Å². The van der Waals surface area contributed by atoms with Crippen molar-refractivity contribution < 1.29 is 51.7 Å². The van der Waals surface area contributed by atoms with Crippen LogP contribution in [0.2, 0.25) is 0 Å². The number of carboxylic acid groups (broad SMARTS) is 2. The van der Waals surface area contributed by atoms with Gasteiger partial charge < -0.3 is 20.4 Å². The first-order chi connectivity index (χ1) is 6.45. The van der Waals surface area contributed by atoms with E-state index in [1.54, 1.807) is 0 Å². The van der Waals surface area contributed by atoms with Gasteiger partial charge >= 0.3 is 11.9 Å². The van der Waals surface area contributed by atoms with Crippen LogP contribution in [-0.2, 0) is 21.7 Å². The third-order valence-electron chi connectivity index (χ3n) is 1.61. The average molecular weight is 246 g/mol. The fourth-order valence-corrected chi connectivity index (χ4v) is 0.925. The number of carboxylic acids is 2. The van der Waals surface area contributed by atoms with Crippen molar-refractivity contribution in [3.63, 3.8) is 0 Å². The molecule has 4 N–H and O–H groups in total. The largest absolute Gasteiger partial charge is 0.504 e. The molecule has 6 nitrogen and oxygen atoms in total. The summed E-state index contributed by atoms with van der Waals surface area (Å²) in [6, 6.07) is 1.81. The average Bonchev–Trinajstić information content (AvgIpc) is 2.08. The molecule has 0 saturated carbocycles. The predicted octanol–water partition coefficient (Wildman–Crippen LogP) is 0.492. The second-order valence-corrected chi connectivity index (χ2v) is 2.47. The van der Waals surface area contributed by atoms with Crippen LogP contribution in [0.5, 0.6) is 11.5 Å². The quantitative estimate of drug-likeness (QED) is 0.446. The van der Waals surface area contributed by atoms with Gasteiger partial charge in [0.1, 0.15) is 11.1 Å². The number of benzene rings is 1. The summed E-state index contributed by atoms with van der Waals surface area (Å²) in [5, 5.41) is 35.2. The Bertz CT molecular complexity index is 375.